The van der Waals surface area contributed by atoms with E-state index in [0.29, 0.717) is 23.7 Å². The van der Waals surface area contributed by atoms with Crippen molar-refractivity contribution in [3.05, 3.63) is 76.1 Å². The standard InChI is InChI=1S/C20H20ClN5O/c21-16-12-23-18(9-13-10-24-25-11-13)26-17(16)6-5-14-3-1-2-4-15(14)20(7-8-20)19(22)27/h1-4,10-12H,5-9H2,(H2,22,27)(H,24,25). The van der Waals surface area contributed by atoms with Crippen molar-refractivity contribution in [2.24, 2.45) is 5.73 Å². The molecule has 0 aliphatic heterocycles. The maximum Gasteiger partial charge on any atom is 0.228 e. The van der Waals surface area contributed by atoms with Gasteiger partial charge in [0.2, 0.25) is 5.91 Å². The fourth-order valence-electron chi connectivity index (χ4n) is 3.49. The van der Waals surface area contributed by atoms with E-state index < -0.39 is 5.41 Å². The summed E-state index contributed by atoms with van der Waals surface area (Å²) in [7, 11) is 0. The molecule has 1 aliphatic rings. The predicted molar refractivity (Wildman–Crippen MR) is 102 cm³/mol. The van der Waals surface area contributed by atoms with Crippen LogP contribution in [0.2, 0.25) is 5.02 Å². The normalized spacial score (nSPS) is 14.9. The van der Waals surface area contributed by atoms with Crippen molar-refractivity contribution < 1.29 is 4.79 Å². The fourth-order valence-corrected chi connectivity index (χ4v) is 3.68. The Bertz CT molecular complexity index is 966. The first kappa shape index (κ1) is 17.7. The highest BCUT2D eigenvalue weighted by atomic mass is 35.5. The predicted octanol–water partition coefficient (Wildman–Crippen LogP) is 2.75. The molecule has 0 saturated heterocycles. The van der Waals surface area contributed by atoms with E-state index in [1.165, 1.54) is 0 Å². The molecule has 4 rings (SSSR count). The molecule has 1 amide bonds. The van der Waals surface area contributed by atoms with Crippen LogP contribution in [0.15, 0.2) is 42.9 Å². The average Bonchev–Trinajstić information content (AvgIpc) is 3.33. The summed E-state index contributed by atoms with van der Waals surface area (Å²) in [6, 6.07) is 8.02. The number of aromatic nitrogens is 4. The molecule has 3 aromatic rings. The lowest BCUT2D eigenvalue weighted by atomic mass is 9.88. The van der Waals surface area contributed by atoms with E-state index in [2.05, 4.69) is 26.2 Å². The molecule has 1 aliphatic carbocycles. The molecule has 1 fully saturated rings. The first-order valence-corrected chi connectivity index (χ1v) is 9.32. The minimum Gasteiger partial charge on any atom is -0.369 e. The highest BCUT2D eigenvalue weighted by Crippen LogP contribution is 2.49. The maximum atomic E-state index is 11.9. The molecular formula is C20H20ClN5O. The van der Waals surface area contributed by atoms with Gasteiger partial charge < -0.3 is 5.73 Å². The number of rotatable bonds is 7. The van der Waals surface area contributed by atoms with Crippen molar-refractivity contribution in [1.29, 1.82) is 0 Å². The Hall–Kier alpha value is -2.73. The van der Waals surface area contributed by atoms with Crippen LogP contribution in [0.5, 0.6) is 0 Å². The summed E-state index contributed by atoms with van der Waals surface area (Å²) in [4.78, 5) is 20.9. The monoisotopic (exact) mass is 381 g/mol. The lowest BCUT2D eigenvalue weighted by molar-refractivity contribution is -0.120. The number of hydrogen-bond donors (Lipinski definition) is 2. The van der Waals surface area contributed by atoms with Gasteiger partial charge in [-0.25, -0.2) is 9.97 Å². The van der Waals surface area contributed by atoms with E-state index >= 15 is 0 Å². The number of hydrogen-bond acceptors (Lipinski definition) is 4. The van der Waals surface area contributed by atoms with E-state index in [1.54, 1.807) is 12.4 Å². The fraction of sp³-hybridized carbons (Fsp3) is 0.300. The van der Waals surface area contributed by atoms with Crippen molar-refractivity contribution in [3.63, 3.8) is 0 Å². The van der Waals surface area contributed by atoms with E-state index in [0.717, 1.165) is 41.6 Å². The van der Waals surface area contributed by atoms with Gasteiger partial charge in [-0.2, -0.15) is 5.10 Å². The number of carbonyl (C=O) groups is 1. The van der Waals surface area contributed by atoms with E-state index in [9.17, 15) is 4.79 Å². The lowest BCUT2D eigenvalue weighted by Crippen LogP contribution is -2.29. The highest BCUT2D eigenvalue weighted by Gasteiger charge is 2.50. The van der Waals surface area contributed by atoms with Crippen LogP contribution in [0, 0.1) is 0 Å². The summed E-state index contributed by atoms with van der Waals surface area (Å²) in [6.45, 7) is 0. The van der Waals surface area contributed by atoms with E-state index in [1.807, 2.05) is 24.4 Å². The quantitative estimate of drug-likeness (QED) is 0.657. The second-order valence-corrected chi connectivity index (χ2v) is 7.37. The third-order valence-electron chi connectivity index (χ3n) is 5.17. The molecule has 0 unspecified atom stereocenters. The number of aryl methyl sites for hydroxylation is 2. The maximum absolute atomic E-state index is 11.9. The van der Waals surface area contributed by atoms with E-state index in [-0.39, 0.29) is 5.91 Å². The number of amides is 1. The van der Waals surface area contributed by atoms with Crippen molar-refractivity contribution in [3.8, 4) is 0 Å². The molecule has 0 spiro atoms. The summed E-state index contributed by atoms with van der Waals surface area (Å²) in [5.74, 6) is 0.470. The van der Waals surface area contributed by atoms with Crippen LogP contribution >= 0.6 is 11.6 Å². The zero-order valence-corrected chi connectivity index (χ0v) is 15.5. The molecule has 138 valence electrons. The third-order valence-corrected chi connectivity index (χ3v) is 5.49. The van der Waals surface area contributed by atoms with Gasteiger partial charge in [0.15, 0.2) is 0 Å². The smallest absolute Gasteiger partial charge is 0.228 e. The largest absolute Gasteiger partial charge is 0.369 e. The second-order valence-electron chi connectivity index (χ2n) is 6.97. The van der Waals surface area contributed by atoms with Crippen LogP contribution in [0.4, 0.5) is 0 Å². The van der Waals surface area contributed by atoms with Gasteiger partial charge in [0.25, 0.3) is 0 Å². The molecule has 1 aromatic carbocycles. The SMILES string of the molecule is NC(=O)C1(c2ccccc2CCc2nc(Cc3cn[nH]c3)ncc2Cl)CC1. The summed E-state index contributed by atoms with van der Waals surface area (Å²) in [5, 5.41) is 7.29. The number of nitrogens with one attached hydrogen (secondary N) is 1. The third kappa shape index (κ3) is 3.57. The number of halogens is 1. The number of nitrogens with two attached hydrogens (primary N) is 1. The summed E-state index contributed by atoms with van der Waals surface area (Å²) < 4.78 is 0. The van der Waals surface area contributed by atoms with Crippen LogP contribution in [0.3, 0.4) is 0 Å². The Morgan fingerprint density at radius 1 is 1.22 bits per heavy atom. The average molecular weight is 382 g/mol. The molecule has 27 heavy (non-hydrogen) atoms. The van der Waals surface area contributed by atoms with Crippen molar-refractivity contribution in [2.45, 2.75) is 37.5 Å². The topological polar surface area (TPSA) is 97.5 Å². The first-order chi connectivity index (χ1) is 13.1. The molecule has 2 aromatic heterocycles. The number of carbonyl (C=O) groups excluding carboxylic acids is 1. The molecule has 2 heterocycles. The van der Waals surface area contributed by atoms with Gasteiger partial charge in [-0.3, -0.25) is 9.89 Å². The second kappa shape index (κ2) is 7.12. The lowest BCUT2D eigenvalue weighted by Gasteiger charge is -2.16. The van der Waals surface area contributed by atoms with Crippen LogP contribution in [0.1, 0.15) is 41.1 Å². The van der Waals surface area contributed by atoms with Crippen molar-refractivity contribution in [2.75, 3.05) is 0 Å². The molecule has 6 nitrogen and oxygen atoms in total. The highest BCUT2D eigenvalue weighted by molar-refractivity contribution is 6.31. The molecule has 7 heteroatoms. The Kier molecular flexibility index (Phi) is 4.66. The molecule has 0 atom stereocenters. The minimum absolute atomic E-state index is 0.239. The Morgan fingerprint density at radius 2 is 2.04 bits per heavy atom. The van der Waals surface area contributed by atoms with Crippen molar-refractivity contribution in [1.82, 2.24) is 20.2 Å². The Labute approximate surface area is 162 Å². The van der Waals surface area contributed by atoms with Gasteiger partial charge >= 0.3 is 0 Å². The first-order valence-electron chi connectivity index (χ1n) is 8.95. The zero-order chi connectivity index (χ0) is 18.9. The van der Waals surface area contributed by atoms with Gasteiger partial charge in [-0.15, -0.1) is 0 Å². The van der Waals surface area contributed by atoms with Gasteiger partial charge in [0, 0.05) is 18.8 Å². The van der Waals surface area contributed by atoms with Gasteiger partial charge in [0.05, 0.1) is 22.3 Å². The summed E-state index contributed by atoms with van der Waals surface area (Å²) >= 11 is 6.32. The van der Waals surface area contributed by atoms with Crippen LogP contribution in [-0.2, 0) is 29.5 Å². The van der Waals surface area contributed by atoms with Gasteiger partial charge in [-0.1, -0.05) is 35.9 Å². The molecule has 1 saturated carbocycles. The molecule has 0 bridgehead atoms. The Balaban J connectivity index is 1.54. The number of nitrogens with zero attached hydrogens (tertiary/aromatic N) is 3. The van der Waals surface area contributed by atoms with Crippen LogP contribution in [-0.4, -0.2) is 26.1 Å². The van der Waals surface area contributed by atoms with Crippen molar-refractivity contribution >= 4 is 17.5 Å². The number of primary amides is 1. The number of aromatic amines is 1. The van der Waals surface area contributed by atoms with Gasteiger partial charge in [0.1, 0.15) is 5.82 Å². The van der Waals surface area contributed by atoms with Crippen LogP contribution in [0.25, 0.3) is 0 Å². The van der Waals surface area contributed by atoms with Crippen LogP contribution < -0.4 is 5.73 Å². The van der Waals surface area contributed by atoms with E-state index in [4.69, 9.17) is 17.3 Å². The summed E-state index contributed by atoms with van der Waals surface area (Å²) in [6.07, 6.45) is 8.89. The Morgan fingerprint density at radius 3 is 2.74 bits per heavy atom. The van der Waals surface area contributed by atoms with Gasteiger partial charge in [-0.05, 0) is 42.4 Å². The molecule has 0 radical (unpaired) electrons. The summed E-state index contributed by atoms with van der Waals surface area (Å²) in [5.41, 5.74) is 9.17. The molecular weight excluding hydrogens is 362 g/mol. The molecule has 3 N–H and O–H groups in total. The number of H-pyrrole nitrogens is 1. The minimum atomic E-state index is -0.488. The zero-order valence-electron chi connectivity index (χ0n) is 14.8. The number of benzene rings is 1.